The van der Waals surface area contributed by atoms with E-state index in [1.54, 1.807) is 0 Å². The molecule has 3 N–H and O–H groups in total. The maximum atomic E-state index is 11.1. The number of hydrogen-bond donors (Lipinski definition) is 3. The van der Waals surface area contributed by atoms with Crippen molar-refractivity contribution in [3.8, 4) is 0 Å². The van der Waals surface area contributed by atoms with Gasteiger partial charge in [-0.25, -0.2) is 0 Å². The molecule has 5 rings (SSSR count). The average molecular weight is 477 g/mol. The van der Waals surface area contributed by atoms with Gasteiger partial charge in [0.05, 0.1) is 17.8 Å². The molecule has 1 saturated heterocycles. The number of rotatable bonds is 5. The summed E-state index contributed by atoms with van der Waals surface area (Å²) in [5.74, 6) is 1.22. The summed E-state index contributed by atoms with van der Waals surface area (Å²) < 4.78 is 7.20. The summed E-state index contributed by atoms with van der Waals surface area (Å²) in [4.78, 5) is 0. The molecular formula is C30H52O4. The lowest BCUT2D eigenvalue weighted by molar-refractivity contribution is -0.159. The van der Waals surface area contributed by atoms with E-state index in [0.29, 0.717) is 24.7 Å². The van der Waals surface area contributed by atoms with Gasteiger partial charge in [-0.3, -0.25) is 0 Å². The summed E-state index contributed by atoms with van der Waals surface area (Å²) in [5, 5.41) is 32.2. The molecule has 4 heteroatoms. The van der Waals surface area contributed by atoms with Crippen LogP contribution in [0.4, 0.5) is 0 Å². The predicted molar refractivity (Wildman–Crippen MR) is 135 cm³/mol. The Bertz CT molecular complexity index is 832. The number of aliphatic hydroxyl groups is 3. The van der Waals surface area contributed by atoms with Gasteiger partial charge in [-0.15, -0.1) is 0 Å². The molecule has 0 radical (unpaired) electrons. The highest BCUT2D eigenvalue weighted by Gasteiger charge is 2.90. The average Bonchev–Trinajstić information content (AvgIpc) is 3.38. The van der Waals surface area contributed by atoms with Crippen molar-refractivity contribution in [1.29, 1.82) is 0 Å². The number of hydrogen-bond acceptors (Lipinski definition) is 4. The van der Waals surface area contributed by atoms with Crippen molar-refractivity contribution >= 4 is 0 Å². The van der Waals surface area contributed by atoms with Gasteiger partial charge >= 0.3 is 0 Å². The van der Waals surface area contributed by atoms with Gasteiger partial charge in [0.15, 0.2) is 0 Å². The zero-order valence-corrected chi connectivity index (χ0v) is 23.2. The van der Waals surface area contributed by atoms with Crippen LogP contribution in [0.25, 0.3) is 0 Å². The Morgan fingerprint density at radius 2 is 1.56 bits per heavy atom. The Hall–Kier alpha value is -0.160. The Morgan fingerprint density at radius 3 is 2.21 bits per heavy atom. The third-order valence-corrected chi connectivity index (χ3v) is 13.3. The highest BCUT2D eigenvalue weighted by molar-refractivity contribution is 5.38. The molecule has 34 heavy (non-hydrogen) atoms. The standard InChI is InChI=1S/C30H52O4/c1-19(21(31)10-13-24(2,3)33)20-9-15-28(8)26(20,6)17-18-29-27(7)14-12-23(32)25(4,5)22(27)11-16-30(28,29)34-29/h19-23,31-33H,9-18H2,1-8H3/t19-,20+,21?,22?,23-,26+,27-,28+,29-,30?/m0/s1. The predicted octanol–water partition coefficient (Wildman–Crippen LogP) is 5.86. The molecule has 0 aromatic carbocycles. The van der Waals surface area contributed by atoms with Crippen LogP contribution in [-0.2, 0) is 4.74 Å². The van der Waals surface area contributed by atoms with Crippen LogP contribution >= 0.6 is 0 Å². The lowest BCUT2D eigenvalue weighted by Crippen LogP contribution is -2.66. The summed E-state index contributed by atoms with van der Waals surface area (Å²) in [5.41, 5.74) is -0.436. The largest absolute Gasteiger partial charge is 0.393 e. The van der Waals surface area contributed by atoms with Crippen molar-refractivity contribution in [3.05, 3.63) is 0 Å². The van der Waals surface area contributed by atoms with Crippen molar-refractivity contribution in [2.75, 3.05) is 0 Å². The van der Waals surface area contributed by atoms with Gasteiger partial charge in [0.1, 0.15) is 11.2 Å². The molecule has 0 bridgehead atoms. The van der Waals surface area contributed by atoms with E-state index in [-0.39, 0.29) is 51.0 Å². The summed E-state index contributed by atoms with van der Waals surface area (Å²) in [6.45, 7) is 18.1. The summed E-state index contributed by atoms with van der Waals surface area (Å²) in [7, 11) is 0. The van der Waals surface area contributed by atoms with Gasteiger partial charge in [-0.05, 0) is 107 Å². The normalized spacial score (nSPS) is 53.2. The highest BCUT2D eigenvalue weighted by atomic mass is 16.6. The zero-order valence-electron chi connectivity index (χ0n) is 23.2. The summed E-state index contributed by atoms with van der Waals surface area (Å²) in [6, 6.07) is 0. The molecule has 0 aromatic rings. The van der Waals surface area contributed by atoms with Gasteiger partial charge in [-0.1, -0.05) is 41.5 Å². The van der Waals surface area contributed by atoms with E-state index in [0.717, 1.165) is 32.1 Å². The Morgan fingerprint density at radius 1 is 0.882 bits per heavy atom. The van der Waals surface area contributed by atoms with Crippen LogP contribution in [0.2, 0.25) is 0 Å². The molecule has 3 unspecified atom stereocenters. The molecule has 0 amide bonds. The van der Waals surface area contributed by atoms with Crippen LogP contribution in [0.5, 0.6) is 0 Å². The second kappa shape index (κ2) is 7.23. The van der Waals surface area contributed by atoms with Crippen LogP contribution in [0, 0.1) is 39.4 Å². The zero-order chi connectivity index (χ0) is 25.2. The van der Waals surface area contributed by atoms with E-state index in [1.807, 2.05) is 13.8 Å². The fourth-order valence-corrected chi connectivity index (χ4v) is 10.9. The van der Waals surface area contributed by atoms with Crippen molar-refractivity contribution in [2.45, 2.75) is 149 Å². The van der Waals surface area contributed by atoms with Gasteiger partial charge in [0, 0.05) is 10.8 Å². The molecule has 5 fully saturated rings. The van der Waals surface area contributed by atoms with E-state index in [1.165, 1.54) is 19.3 Å². The van der Waals surface area contributed by atoms with Gasteiger partial charge < -0.3 is 20.1 Å². The fourth-order valence-electron chi connectivity index (χ4n) is 10.9. The molecule has 4 aliphatic carbocycles. The first-order valence-corrected chi connectivity index (χ1v) is 14.3. The minimum absolute atomic E-state index is 0.0355. The van der Waals surface area contributed by atoms with Crippen LogP contribution in [0.15, 0.2) is 0 Å². The molecule has 4 nitrogen and oxygen atoms in total. The number of epoxide rings is 1. The van der Waals surface area contributed by atoms with Crippen molar-refractivity contribution in [2.24, 2.45) is 39.4 Å². The second-order valence-corrected chi connectivity index (χ2v) is 15.3. The number of aliphatic hydroxyl groups excluding tert-OH is 2. The first-order valence-electron chi connectivity index (χ1n) is 14.3. The molecule has 0 spiro atoms. The number of ether oxygens (including phenoxy) is 1. The first-order chi connectivity index (χ1) is 15.5. The first kappa shape index (κ1) is 25.5. The lowest BCUT2D eigenvalue weighted by atomic mass is 9.38. The minimum Gasteiger partial charge on any atom is -0.393 e. The SMILES string of the molecule is C[C@H](C(O)CCC(C)(C)O)[C@H]1CC[C@@]2(C)C34CCC5C(C)(C)[C@@H](O)CC[C@]5(C)[C@]3(CC[C@]12C)O4. The summed E-state index contributed by atoms with van der Waals surface area (Å²) >= 11 is 0. The maximum absolute atomic E-state index is 11.1. The molecule has 0 aromatic heterocycles. The van der Waals surface area contributed by atoms with Crippen molar-refractivity contribution < 1.29 is 20.1 Å². The molecular weight excluding hydrogens is 424 g/mol. The quantitative estimate of drug-likeness (QED) is 0.435. The topological polar surface area (TPSA) is 73.2 Å². The van der Waals surface area contributed by atoms with Crippen LogP contribution in [-0.4, -0.2) is 44.3 Å². The third kappa shape index (κ3) is 2.86. The van der Waals surface area contributed by atoms with Crippen LogP contribution < -0.4 is 0 Å². The van der Waals surface area contributed by atoms with E-state index < -0.39 is 5.60 Å². The van der Waals surface area contributed by atoms with Gasteiger partial charge in [-0.2, -0.15) is 0 Å². The van der Waals surface area contributed by atoms with Crippen molar-refractivity contribution in [1.82, 2.24) is 0 Å². The molecule has 4 saturated carbocycles. The molecule has 1 heterocycles. The van der Waals surface area contributed by atoms with Gasteiger partial charge in [0.25, 0.3) is 0 Å². The molecule has 5 aliphatic rings. The van der Waals surface area contributed by atoms with Crippen LogP contribution in [0.1, 0.15) is 120 Å². The lowest BCUT2D eigenvalue weighted by Gasteiger charge is -2.64. The van der Waals surface area contributed by atoms with E-state index in [4.69, 9.17) is 4.74 Å². The Kier molecular flexibility index (Phi) is 5.42. The Labute approximate surface area is 208 Å². The van der Waals surface area contributed by atoms with Gasteiger partial charge in [0.2, 0.25) is 0 Å². The monoisotopic (exact) mass is 476 g/mol. The minimum atomic E-state index is -0.727. The maximum Gasteiger partial charge on any atom is 0.104 e. The van der Waals surface area contributed by atoms with E-state index in [2.05, 4.69) is 41.5 Å². The smallest absolute Gasteiger partial charge is 0.104 e. The van der Waals surface area contributed by atoms with E-state index >= 15 is 0 Å². The molecule has 196 valence electrons. The van der Waals surface area contributed by atoms with Crippen molar-refractivity contribution in [3.63, 3.8) is 0 Å². The highest BCUT2D eigenvalue weighted by Crippen LogP contribution is 2.86. The Balaban J connectivity index is 1.43. The second-order valence-electron chi connectivity index (χ2n) is 15.3. The third-order valence-electron chi connectivity index (χ3n) is 13.3. The molecule has 1 aliphatic heterocycles. The van der Waals surface area contributed by atoms with Crippen LogP contribution in [0.3, 0.4) is 0 Å². The summed E-state index contributed by atoms with van der Waals surface area (Å²) in [6.07, 6.45) is 9.62. The molecule has 10 atom stereocenters. The van der Waals surface area contributed by atoms with E-state index in [9.17, 15) is 15.3 Å². The number of fused-ring (bicyclic) bond motifs is 2. The fraction of sp³-hybridized carbons (Fsp3) is 1.00.